The van der Waals surface area contributed by atoms with Gasteiger partial charge in [-0.15, -0.1) is 10.2 Å². The second-order valence-corrected chi connectivity index (χ2v) is 9.84. The third-order valence-corrected chi connectivity index (χ3v) is 6.11. The number of carbonyl (C=O) groups is 2. The largest absolute Gasteiger partial charge is 0.341 e. The van der Waals surface area contributed by atoms with Gasteiger partial charge in [0.05, 0.1) is 11.8 Å². The highest BCUT2D eigenvalue weighted by atomic mass is 32.2. The first-order chi connectivity index (χ1) is 15.2. The summed E-state index contributed by atoms with van der Waals surface area (Å²) in [5, 5.41) is 13.6. The van der Waals surface area contributed by atoms with Gasteiger partial charge in [-0.1, -0.05) is 87.1 Å². The van der Waals surface area contributed by atoms with E-state index in [1.165, 1.54) is 24.4 Å². The van der Waals surface area contributed by atoms with Gasteiger partial charge in [0.1, 0.15) is 0 Å². The molecule has 3 amide bonds. The first-order valence-electron chi connectivity index (χ1n) is 10.5. The summed E-state index contributed by atoms with van der Waals surface area (Å²) in [7, 11) is 1.47. The van der Waals surface area contributed by atoms with Crippen LogP contribution in [0.5, 0.6) is 0 Å². The fourth-order valence-corrected chi connectivity index (χ4v) is 3.95. The summed E-state index contributed by atoms with van der Waals surface area (Å²) in [6.45, 7) is 8.85. The number of nitrogens with one attached hydrogen (secondary N) is 2. The highest BCUT2D eigenvalue weighted by Crippen LogP contribution is 2.30. The van der Waals surface area contributed by atoms with Gasteiger partial charge in [0.2, 0.25) is 5.91 Å². The van der Waals surface area contributed by atoms with E-state index in [4.69, 9.17) is 0 Å². The molecule has 0 aliphatic heterocycles. The van der Waals surface area contributed by atoms with Crippen molar-refractivity contribution < 1.29 is 9.59 Å². The molecule has 0 aliphatic carbocycles. The van der Waals surface area contributed by atoms with Crippen LogP contribution in [0.15, 0.2) is 59.8 Å². The van der Waals surface area contributed by atoms with Gasteiger partial charge in [0, 0.05) is 12.6 Å². The molecule has 7 nitrogen and oxygen atoms in total. The fraction of sp³-hybridized carbons (Fsp3) is 0.333. The minimum absolute atomic E-state index is 0.0603. The summed E-state index contributed by atoms with van der Waals surface area (Å²) < 4.78 is 2.01. The van der Waals surface area contributed by atoms with Gasteiger partial charge in [-0.2, -0.15) is 0 Å². The number of aromatic nitrogens is 3. The Morgan fingerprint density at radius 3 is 2.28 bits per heavy atom. The fourth-order valence-electron chi connectivity index (χ4n) is 3.10. The molecule has 0 spiro atoms. The first kappa shape index (κ1) is 23.5. The summed E-state index contributed by atoms with van der Waals surface area (Å²) in [6.07, 6.45) is 0. The van der Waals surface area contributed by atoms with E-state index in [1.807, 2.05) is 34.9 Å². The normalized spacial score (nSPS) is 12.3. The van der Waals surface area contributed by atoms with E-state index in [9.17, 15) is 9.59 Å². The van der Waals surface area contributed by atoms with Crippen LogP contribution in [0.4, 0.5) is 4.79 Å². The van der Waals surface area contributed by atoms with Gasteiger partial charge in [-0.3, -0.25) is 14.7 Å². The molecule has 32 heavy (non-hydrogen) atoms. The molecule has 3 rings (SSSR count). The lowest BCUT2D eigenvalue weighted by molar-refractivity contribution is -0.119. The molecule has 8 heteroatoms. The Morgan fingerprint density at radius 1 is 1.03 bits per heavy atom. The summed E-state index contributed by atoms with van der Waals surface area (Å²) in [5.74, 6) is 0.343. The third kappa shape index (κ3) is 5.76. The summed E-state index contributed by atoms with van der Waals surface area (Å²) in [4.78, 5) is 23.8. The molecular formula is C24H29N5O2S. The zero-order chi connectivity index (χ0) is 23.3. The van der Waals surface area contributed by atoms with Gasteiger partial charge < -0.3 is 5.32 Å². The molecule has 168 valence electrons. The van der Waals surface area contributed by atoms with Crippen molar-refractivity contribution in [1.82, 2.24) is 25.4 Å². The van der Waals surface area contributed by atoms with Crippen LogP contribution >= 0.6 is 11.8 Å². The van der Waals surface area contributed by atoms with Gasteiger partial charge in [-0.05, 0) is 23.5 Å². The van der Waals surface area contributed by atoms with Crippen LogP contribution in [-0.2, 0) is 16.8 Å². The molecule has 0 bridgehead atoms. The molecule has 1 atom stereocenters. The summed E-state index contributed by atoms with van der Waals surface area (Å²) in [6, 6.07) is 17.9. The number of amides is 3. The Balaban J connectivity index is 1.93. The predicted octanol–water partition coefficient (Wildman–Crippen LogP) is 4.23. The quantitative estimate of drug-likeness (QED) is 0.548. The maximum absolute atomic E-state index is 12.3. The van der Waals surface area contributed by atoms with Crippen LogP contribution in [0.25, 0.3) is 11.4 Å². The second kappa shape index (κ2) is 9.99. The standard InChI is InChI=1S/C24H29N5O2S/c1-16(21(30)26-22(31)25-5)32-23-28-27-20(29(23)15-17-9-7-6-8-10-17)18-11-13-19(14-12-18)24(2,3)4/h6-14,16H,15H2,1-5H3,(H2,25,26,30,31)/t16-/m0/s1. The second-order valence-electron chi connectivity index (χ2n) is 8.53. The molecule has 3 aromatic rings. The smallest absolute Gasteiger partial charge is 0.321 e. The van der Waals surface area contributed by atoms with Crippen LogP contribution in [0, 0.1) is 0 Å². The Kier molecular flexibility index (Phi) is 7.35. The van der Waals surface area contributed by atoms with E-state index >= 15 is 0 Å². The zero-order valence-corrected chi connectivity index (χ0v) is 19.9. The lowest BCUT2D eigenvalue weighted by Gasteiger charge is -2.19. The minimum atomic E-state index is -0.534. The number of benzene rings is 2. The predicted molar refractivity (Wildman–Crippen MR) is 128 cm³/mol. The van der Waals surface area contributed by atoms with Crippen LogP contribution in [0.3, 0.4) is 0 Å². The number of imide groups is 1. The highest BCUT2D eigenvalue weighted by molar-refractivity contribution is 8.00. The van der Waals surface area contributed by atoms with Crippen LogP contribution in [-0.4, -0.2) is 39.0 Å². The van der Waals surface area contributed by atoms with Gasteiger partial charge >= 0.3 is 6.03 Å². The van der Waals surface area contributed by atoms with Crippen molar-refractivity contribution in [3.05, 3.63) is 65.7 Å². The lowest BCUT2D eigenvalue weighted by Crippen LogP contribution is -2.41. The van der Waals surface area contributed by atoms with Crippen molar-refractivity contribution in [2.24, 2.45) is 0 Å². The van der Waals surface area contributed by atoms with Gasteiger partial charge in [0.25, 0.3) is 0 Å². The van der Waals surface area contributed by atoms with E-state index in [0.29, 0.717) is 11.7 Å². The molecule has 0 unspecified atom stereocenters. The molecule has 0 aliphatic rings. The monoisotopic (exact) mass is 451 g/mol. The Labute approximate surface area is 193 Å². The van der Waals surface area contributed by atoms with Crippen LogP contribution < -0.4 is 10.6 Å². The lowest BCUT2D eigenvalue weighted by atomic mass is 9.87. The number of nitrogens with zero attached hydrogens (tertiary/aromatic N) is 3. The Bertz CT molecular complexity index is 1070. The number of hydrogen-bond acceptors (Lipinski definition) is 5. The molecule has 0 radical (unpaired) electrons. The van der Waals surface area contributed by atoms with Crippen molar-refractivity contribution in [3.8, 4) is 11.4 Å². The van der Waals surface area contributed by atoms with E-state index in [0.717, 1.165) is 17.0 Å². The highest BCUT2D eigenvalue weighted by Gasteiger charge is 2.22. The molecule has 0 fully saturated rings. The number of urea groups is 1. The molecule has 1 heterocycles. The van der Waals surface area contributed by atoms with E-state index < -0.39 is 11.3 Å². The topological polar surface area (TPSA) is 88.9 Å². The van der Waals surface area contributed by atoms with Crippen molar-refractivity contribution >= 4 is 23.7 Å². The zero-order valence-electron chi connectivity index (χ0n) is 19.0. The Hall–Kier alpha value is -3.13. The van der Waals surface area contributed by atoms with E-state index in [2.05, 4.69) is 65.9 Å². The minimum Gasteiger partial charge on any atom is -0.341 e. The number of carbonyl (C=O) groups excluding carboxylic acids is 2. The molecular weight excluding hydrogens is 422 g/mol. The van der Waals surface area contributed by atoms with Crippen LogP contribution in [0.1, 0.15) is 38.8 Å². The summed E-state index contributed by atoms with van der Waals surface area (Å²) >= 11 is 1.27. The maximum atomic E-state index is 12.3. The first-order valence-corrected chi connectivity index (χ1v) is 11.3. The molecule has 1 aromatic heterocycles. The van der Waals surface area contributed by atoms with Gasteiger partial charge in [0.15, 0.2) is 11.0 Å². The van der Waals surface area contributed by atoms with Gasteiger partial charge in [-0.25, -0.2) is 4.79 Å². The number of hydrogen-bond donors (Lipinski definition) is 2. The number of rotatable bonds is 6. The Morgan fingerprint density at radius 2 is 1.69 bits per heavy atom. The maximum Gasteiger partial charge on any atom is 0.321 e. The van der Waals surface area contributed by atoms with Crippen LogP contribution in [0.2, 0.25) is 0 Å². The molecule has 0 saturated heterocycles. The van der Waals surface area contributed by atoms with Crippen molar-refractivity contribution in [2.45, 2.75) is 50.1 Å². The van der Waals surface area contributed by atoms with E-state index in [-0.39, 0.29) is 11.3 Å². The van der Waals surface area contributed by atoms with Crippen molar-refractivity contribution in [3.63, 3.8) is 0 Å². The SMILES string of the molecule is CNC(=O)NC(=O)[C@H](C)Sc1nnc(-c2ccc(C(C)(C)C)cc2)n1Cc1ccccc1. The average Bonchev–Trinajstić information content (AvgIpc) is 3.15. The number of thioether (sulfide) groups is 1. The van der Waals surface area contributed by atoms with E-state index in [1.54, 1.807) is 6.92 Å². The summed E-state index contributed by atoms with van der Waals surface area (Å²) in [5.41, 5.74) is 3.36. The average molecular weight is 452 g/mol. The molecule has 0 saturated carbocycles. The molecule has 2 aromatic carbocycles. The van der Waals surface area contributed by atoms with Crippen molar-refractivity contribution in [2.75, 3.05) is 7.05 Å². The molecule has 2 N–H and O–H groups in total. The third-order valence-electron chi connectivity index (χ3n) is 5.02. The van der Waals surface area contributed by atoms with Crippen molar-refractivity contribution in [1.29, 1.82) is 0 Å².